The van der Waals surface area contributed by atoms with E-state index in [9.17, 15) is 24.3 Å². The zero-order valence-corrected chi connectivity index (χ0v) is 28.9. The number of aliphatic carboxylic acids is 1. The molecule has 0 aliphatic rings. The average Bonchev–Trinajstić information content (AvgIpc) is 2.67. The quantitative estimate of drug-likeness (QED) is 0.165. The van der Waals surface area contributed by atoms with E-state index in [1.54, 1.807) is 68.4 Å². The molecule has 0 heterocycles. The zero-order chi connectivity index (χ0) is 31.4. The predicted octanol–water partition coefficient (Wildman–Crippen LogP) is 5.72. The van der Waals surface area contributed by atoms with Crippen molar-refractivity contribution < 1.29 is 48.0 Å². The van der Waals surface area contributed by atoms with Crippen molar-refractivity contribution in [2.75, 3.05) is 7.05 Å². The third kappa shape index (κ3) is 12.2. The summed E-state index contributed by atoms with van der Waals surface area (Å²) in [4.78, 5) is 57.5. The van der Waals surface area contributed by atoms with Crippen LogP contribution in [0, 0.1) is 0 Å². The van der Waals surface area contributed by atoms with Crippen LogP contribution in [-0.2, 0) is 25.4 Å². The number of benzene rings is 1. The Labute approximate surface area is 241 Å². The SMILES string of the molecule is CN(C(=O)OC(C)(C)C)C(Cc1cc(OC(=O)OC(C)(C)C)c(OC(=O)OC(C)(C)C)c[c]1[Sn]([CH3])([CH3])[CH3])C(=O)O. The Morgan fingerprint density at radius 2 is 1.18 bits per heavy atom. The van der Waals surface area contributed by atoms with Gasteiger partial charge in [0.2, 0.25) is 0 Å². The normalized spacial score (nSPS) is 13.1. The molecular weight excluding hydrogens is 629 g/mol. The van der Waals surface area contributed by atoms with Crippen LogP contribution in [0.2, 0.25) is 14.8 Å². The van der Waals surface area contributed by atoms with Crippen molar-refractivity contribution in [1.82, 2.24) is 4.90 Å². The molecule has 0 aromatic heterocycles. The number of hydrogen-bond acceptors (Lipinski definition) is 9. The van der Waals surface area contributed by atoms with E-state index in [0.29, 0.717) is 5.56 Å². The van der Waals surface area contributed by atoms with Crippen LogP contribution in [0.1, 0.15) is 67.9 Å². The van der Waals surface area contributed by atoms with E-state index in [2.05, 4.69) is 14.8 Å². The van der Waals surface area contributed by atoms with Crippen LogP contribution < -0.4 is 13.1 Å². The van der Waals surface area contributed by atoms with Gasteiger partial charge >= 0.3 is 242 Å². The van der Waals surface area contributed by atoms with Crippen molar-refractivity contribution in [2.24, 2.45) is 0 Å². The first kappa shape index (κ1) is 35.3. The number of hydrogen-bond donors (Lipinski definition) is 1. The molecule has 0 radical (unpaired) electrons. The summed E-state index contributed by atoms with van der Waals surface area (Å²) in [5.41, 5.74) is -1.99. The Bertz CT molecular complexity index is 1100. The topological polar surface area (TPSA) is 138 Å². The van der Waals surface area contributed by atoms with E-state index in [0.717, 1.165) is 8.48 Å². The van der Waals surface area contributed by atoms with E-state index < -0.39 is 65.6 Å². The molecule has 0 aliphatic carbocycles. The van der Waals surface area contributed by atoms with Crippen molar-refractivity contribution in [3.8, 4) is 11.5 Å². The molecule has 40 heavy (non-hydrogen) atoms. The third-order valence-electron chi connectivity index (χ3n) is 4.99. The zero-order valence-electron chi connectivity index (χ0n) is 26.0. The number of carboxylic acid groups (broad SMARTS) is 1. The molecule has 1 N–H and O–H groups in total. The van der Waals surface area contributed by atoms with Crippen LogP contribution in [0.25, 0.3) is 0 Å². The van der Waals surface area contributed by atoms with Crippen LogP contribution in [0.5, 0.6) is 11.5 Å². The molecule has 0 saturated carbocycles. The Kier molecular flexibility index (Phi) is 11.4. The number of likely N-dealkylation sites (N-methyl/N-ethyl adjacent to an activating group) is 1. The second-order valence-electron chi connectivity index (χ2n) is 13.5. The number of ether oxygens (including phenoxy) is 5. The van der Waals surface area contributed by atoms with E-state index in [1.807, 2.05) is 0 Å². The summed E-state index contributed by atoms with van der Waals surface area (Å²) in [5, 5.41) is 10.0. The summed E-state index contributed by atoms with van der Waals surface area (Å²) < 4.78 is 27.7. The second-order valence-corrected chi connectivity index (χ2v) is 27.9. The van der Waals surface area contributed by atoms with Crippen LogP contribution >= 0.6 is 0 Å². The van der Waals surface area contributed by atoms with Crippen LogP contribution in [0.4, 0.5) is 14.4 Å². The van der Waals surface area contributed by atoms with Gasteiger partial charge in [-0.2, -0.15) is 0 Å². The fourth-order valence-electron chi connectivity index (χ4n) is 3.41. The maximum absolute atomic E-state index is 12.7. The number of carbonyl (C=O) groups excluding carboxylic acids is 3. The van der Waals surface area contributed by atoms with Crippen molar-refractivity contribution in [2.45, 2.75) is 106 Å². The van der Waals surface area contributed by atoms with E-state index >= 15 is 0 Å². The second kappa shape index (κ2) is 12.9. The fourth-order valence-corrected chi connectivity index (χ4v) is 8.27. The first-order valence-electron chi connectivity index (χ1n) is 13.0. The van der Waals surface area contributed by atoms with Gasteiger partial charge in [-0.15, -0.1) is 0 Å². The van der Waals surface area contributed by atoms with Gasteiger partial charge in [-0.3, -0.25) is 0 Å². The van der Waals surface area contributed by atoms with Gasteiger partial charge < -0.3 is 0 Å². The van der Waals surface area contributed by atoms with Crippen LogP contribution in [0.15, 0.2) is 12.1 Å². The summed E-state index contributed by atoms with van der Waals surface area (Å²) in [6, 6.07) is 1.75. The van der Waals surface area contributed by atoms with Crippen LogP contribution in [-0.4, -0.2) is 82.6 Å². The summed E-state index contributed by atoms with van der Waals surface area (Å²) in [6.45, 7) is 15.1. The molecule has 1 aromatic carbocycles. The van der Waals surface area contributed by atoms with Crippen molar-refractivity contribution in [3.05, 3.63) is 17.7 Å². The molecule has 1 aromatic rings. The summed E-state index contributed by atoms with van der Waals surface area (Å²) in [6.07, 6.45) is -2.96. The molecular formula is C28H45NO10Sn. The van der Waals surface area contributed by atoms with E-state index in [1.165, 1.54) is 13.1 Å². The first-order valence-corrected chi connectivity index (χ1v) is 23.0. The number of nitrogens with zero attached hydrogens (tertiary/aromatic N) is 1. The van der Waals surface area contributed by atoms with Crippen molar-refractivity contribution in [3.63, 3.8) is 0 Å². The number of carboxylic acids is 1. The number of amides is 1. The molecule has 226 valence electrons. The minimum atomic E-state index is -3.09. The molecule has 1 unspecified atom stereocenters. The Morgan fingerprint density at radius 3 is 1.52 bits per heavy atom. The molecule has 1 amide bonds. The van der Waals surface area contributed by atoms with Crippen molar-refractivity contribution >= 4 is 46.3 Å². The summed E-state index contributed by atoms with van der Waals surface area (Å²) >= 11 is -3.09. The Morgan fingerprint density at radius 1 is 0.775 bits per heavy atom. The van der Waals surface area contributed by atoms with Gasteiger partial charge in [0.25, 0.3) is 0 Å². The van der Waals surface area contributed by atoms with Gasteiger partial charge in [-0.05, 0) is 0 Å². The Balaban J connectivity index is 3.69. The minimum absolute atomic E-state index is 0.0714. The summed E-state index contributed by atoms with van der Waals surface area (Å²) in [5.74, 6) is -1.47. The van der Waals surface area contributed by atoms with Crippen molar-refractivity contribution in [1.29, 1.82) is 0 Å². The number of carbonyl (C=O) groups is 4. The van der Waals surface area contributed by atoms with Gasteiger partial charge in [-0.1, -0.05) is 0 Å². The summed E-state index contributed by atoms with van der Waals surface area (Å²) in [7, 11) is 1.35. The third-order valence-corrected chi connectivity index (χ3v) is 10.9. The van der Waals surface area contributed by atoms with E-state index in [4.69, 9.17) is 23.7 Å². The number of rotatable bonds is 7. The average molecular weight is 674 g/mol. The van der Waals surface area contributed by atoms with Gasteiger partial charge in [0.05, 0.1) is 0 Å². The van der Waals surface area contributed by atoms with Crippen LogP contribution in [0.3, 0.4) is 0 Å². The molecule has 0 aliphatic heterocycles. The molecule has 0 saturated heterocycles. The molecule has 1 atom stereocenters. The first-order chi connectivity index (χ1) is 17.8. The van der Waals surface area contributed by atoms with Gasteiger partial charge in [0, 0.05) is 0 Å². The van der Waals surface area contributed by atoms with Gasteiger partial charge in [0.15, 0.2) is 0 Å². The molecule has 11 nitrogen and oxygen atoms in total. The fraction of sp³-hybridized carbons (Fsp3) is 0.643. The monoisotopic (exact) mass is 675 g/mol. The van der Waals surface area contributed by atoms with E-state index in [-0.39, 0.29) is 17.9 Å². The standard InChI is InChI=1S/C25H36NO10.3CH3.Sn/c1-23(2,3)34-20(29)26(10)16(19(27)28)13-15-11-12-17(32-21(30)35-24(4,5)6)18(14-15)33-22(31)36-25(7,8)9;;;;/h12,14,16H,13H2,1-10H3,(H,27,28);3*1H3;. The molecule has 12 heteroatoms. The molecule has 0 bridgehead atoms. The Hall–Kier alpha value is -2.70. The van der Waals surface area contributed by atoms with Gasteiger partial charge in [0.1, 0.15) is 0 Å². The molecule has 0 spiro atoms. The predicted molar refractivity (Wildman–Crippen MR) is 152 cm³/mol. The molecule has 0 fully saturated rings. The molecule has 1 rings (SSSR count). The van der Waals surface area contributed by atoms with Gasteiger partial charge in [-0.25, -0.2) is 0 Å². The maximum atomic E-state index is 12.7.